The van der Waals surface area contributed by atoms with E-state index in [4.69, 9.17) is 10.5 Å². The fraction of sp³-hybridized carbons (Fsp3) is 1.00. The molecule has 0 aliphatic heterocycles. The Morgan fingerprint density at radius 1 is 1.67 bits per heavy atom. The minimum Gasteiger partial charge on any atom is -0.383 e. The third-order valence-electron chi connectivity index (χ3n) is 1.97. The standard InChI is InChI=1S/C7H15NO/c1-7(8,5-9-2)6-3-4-6/h6H,3-5,8H2,1-2H3. The highest BCUT2D eigenvalue weighted by atomic mass is 16.5. The van der Waals surface area contributed by atoms with Crippen molar-refractivity contribution in [3.8, 4) is 0 Å². The Bertz CT molecular complexity index is 97.1. The number of ether oxygens (including phenoxy) is 1. The zero-order valence-electron chi connectivity index (χ0n) is 6.18. The Balaban J connectivity index is 2.30. The summed E-state index contributed by atoms with van der Waals surface area (Å²) in [6, 6.07) is 0. The molecule has 0 aromatic carbocycles. The lowest BCUT2D eigenvalue weighted by molar-refractivity contribution is 0.129. The molecule has 0 heterocycles. The molecule has 0 aromatic heterocycles. The molecule has 0 spiro atoms. The lowest BCUT2D eigenvalue weighted by atomic mass is 9.99. The second-order valence-corrected chi connectivity index (χ2v) is 3.21. The maximum absolute atomic E-state index is 5.91. The van der Waals surface area contributed by atoms with Crippen LogP contribution >= 0.6 is 0 Å². The van der Waals surface area contributed by atoms with E-state index in [-0.39, 0.29) is 5.54 Å². The Morgan fingerprint density at radius 3 is 2.56 bits per heavy atom. The number of nitrogens with two attached hydrogens (primary N) is 1. The smallest absolute Gasteiger partial charge is 0.0642 e. The number of hydrogen-bond acceptors (Lipinski definition) is 2. The van der Waals surface area contributed by atoms with Crippen LogP contribution in [0.1, 0.15) is 19.8 Å². The van der Waals surface area contributed by atoms with Gasteiger partial charge in [-0.1, -0.05) is 0 Å². The van der Waals surface area contributed by atoms with Gasteiger partial charge in [0.15, 0.2) is 0 Å². The second-order valence-electron chi connectivity index (χ2n) is 3.21. The van der Waals surface area contributed by atoms with Gasteiger partial charge in [0.05, 0.1) is 6.61 Å². The first-order chi connectivity index (χ1) is 4.17. The summed E-state index contributed by atoms with van der Waals surface area (Å²) in [6.07, 6.45) is 2.58. The van der Waals surface area contributed by atoms with Gasteiger partial charge in [0.2, 0.25) is 0 Å². The average Bonchev–Trinajstić information content (AvgIpc) is 2.41. The molecule has 2 heteroatoms. The van der Waals surface area contributed by atoms with E-state index in [0.717, 1.165) is 5.92 Å². The molecule has 2 nitrogen and oxygen atoms in total. The van der Waals surface area contributed by atoms with Gasteiger partial charge in [0.25, 0.3) is 0 Å². The molecule has 0 radical (unpaired) electrons. The summed E-state index contributed by atoms with van der Waals surface area (Å²) in [5.74, 6) is 0.720. The number of methoxy groups -OCH3 is 1. The molecule has 0 saturated heterocycles. The SMILES string of the molecule is COCC(C)(N)C1CC1. The predicted molar refractivity (Wildman–Crippen MR) is 37.2 cm³/mol. The van der Waals surface area contributed by atoms with E-state index in [1.165, 1.54) is 12.8 Å². The Hall–Kier alpha value is -0.0800. The van der Waals surface area contributed by atoms with Crippen molar-refractivity contribution in [1.29, 1.82) is 0 Å². The molecule has 1 unspecified atom stereocenters. The van der Waals surface area contributed by atoms with Crippen molar-refractivity contribution in [3.63, 3.8) is 0 Å². The zero-order chi connectivity index (χ0) is 6.91. The minimum absolute atomic E-state index is 0.0608. The molecule has 2 N–H and O–H groups in total. The van der Waals surface area contributed by atoms with E-state index >= 15 is 0 Å². The molecular formula is C7H15NO. The first-order valence-corrected chi connectivity index (χ1v) is 3.44. The molecule has 1 saturated carbocycles. The van der Waals surface area contributed by atoms with E-state index in [1.807, 2.05) is 0 Å². The van der Waals surface area contributed by atoms with Gasteiger partial charge in [0.1, 0.15) is 0 Å². The Morgan fingerprint density at radius 2 is 2.22 bits per heavy atom. The summed E-state index contributed by atoms with van der Waals surface area (Å²) in [7, 11) is 1.70. The summed E-state index contributed by atoms with van der Waals surface area (Å²) >= 11 is 0. The molecule has 1 aliphatic carbocycles. The van der Waals surface area contributed by atoms with Crippen LogP contribution in [0, 0.1) is 5.92 Å². The molecular weight excluding hydrogens is 114 g/mol. The van der Waals surface area contributed by atoms with E-state index in [2.05, 4.69) is 6.92 Å². The summed E-state index contributed by atoms with van der Waals surface area (Å²) in [5, 5.41) is 0. The van der Waals surface area contributed by atoms with Crippen LogP contribution < -0.4 is 5.73 Å². The number of rotatable bonds is 3. The summed E-state index contributed by atoms with van der Waals surface area (Å²) in [6.45, 7) is 2.76. The fourth-order valence-electron chi connectivity index (χ4n) is 1.17. The third kappa shape index (κ3) is 1.66. The van der Waals surface area contributed by atoms with Crippen molar-refractivity contribution in [1.82, 2.24) is 0 Å². The monoisotopic (exact) mass is 129 g/mol. The van der Waals surface area contributed by atoms with Crippen molar-refractivity contribution in [2.24, 2.45) is 11.7 Å². The van der Waals surface area contributed by atoms with Crippen LogP contribution in [0.15, 0.2) is 0 Å². The molecule has 9 heavy (non-hydrogen) atoms. The van der Waals surface area contributed by atoms with Gasteiger partial charge < -0.3 is 10.5 Å². The Labute approximate surface area is 56.4 Å². The van der Waals surface area contributed by atoms with Gasteiger partial charge in [-0.3, -0.25) is 0 Å². The molecule has 54 valence electrons. The van der Waals surface area contributed by atoms with Crippen molar-refractivity contribution >= 4 is 0 Å². The van der Waals surface area contributed by atoms with Crippen LogP contribution in [0.3, 0.4) is 0 Å². The van der Waals surface area contributed by atoms with Crippen LogP contribution in [0.2, 0.25) is 0 Å². The van der Waals surface area contributed by atoms with Crippen LogP contribution in [-0.4, -0.2) is 19.3 Å². The predicted octanol–water partition coefficient (Wildman–Crippen LogP) is 0.760. The van der Waals surface area contributed by atoms with Crippen LogP contribution in [0.4, 0.5) is 0 Å². The molecule has 1 rings (SSSR count). The molecule has 1 atom stereocenters. The lowest BCUT2D eigenvalue weighted by Crippen LogP contribution is -2.43. The van der Waals surface area contributed by atoms with Gasteiger partial charge in [-0.2, -0.15) is 0 Å². The van der Waals surface area contributed by atoms with Gasteiger partial charge in [-0.25, -0.2) is 0 Å². The van der Waals surface area contributed by atoms with Crippen molar-refractivity contribution < 1.29 is 4.74 Å². The van der Waals surface area contributed by atoms with Crippen molar-refractivity contribution in [3.05, 3.63) is 0 Å². The normalized spacial score (nSPS) is 25.7. The molecule has 1 aliphatic rings. The van der Waals surface area contributed by atoms with Crippen LogP contribution in [0.5, 0.6) is 0 Å². The number of hydrogen-bond donors (Lipinski definition) is 1. The summed E-state index contributed by atoms with van der Waals surface area (Å²) in [5.41, 5.74) is 5.85. The maximum atomic E-state index is 5.91. The highest BCUT2D eigenvalue weighted by Crippen LogP contribution is 2.37. The van der Waals surface area contributed by atoms with E-state index < -0.39 is 0 Å². The molecule has 0 bridgehead atoms. The second kappa shape index (κ2) is 2.27. The summed E-state index contributed by atoms with van der Waals surface area (Å²) < 4.78 is 4.98. The van der Waals surface area contributed by atoms with Crippen LogP contribution in [-0.2, 0) is 4.74 Å². The largest absolute Gasteiger partial charge is 0.383 e. The van der Waals surface area contributed by atoms with Crippen molar-refractivity contribution in [2.45, 2.75) is 25.3 Å². The average molecular weight is 129 g/mol. The van der Waals surface area contributed by atoms with Crippen LogP contribution in [0.25, 0.3) is 0 Å². The van der Waals surface area contributed by atoms with Gasteiger partial charge in [-0.05, 0) is 25.7 Å². The topological polar surface area (TPSA) is 35.2 Å². The highest BCUT2D eigenvalue weighted by Gasteiger charge is 2.38. The summed E-state index contributed by atoms with van der Waals surface area (Å²) in [4.78, 5) is 0. The Kier molecular flexibility index (Phi) is 1.78. The highest BCUT2D eigenvalue weighted by molar-refractivity contribution is 4.94. The van der Waals surface area contributed by atoms with Gasteiger partial charge in [-0.15, -0.1) is 0 Å². The van der Waals surface area contributed by atoms with Gasteiger partial charge >= 0.3 is 0 Å². The quantitative estimate of drug-likeness (QED) is 0.610. The third-order valence-corrected chi connectivity index (χ3v) is 1.97. The fourth-order valence-corrected chi connectivity index (χ4v) is 1.17. The zero-order valence-corrected chi connectivity index (χ0v) is 6.18. The van der Waals surface area contributed by atoms with E-state index in [0.29, 0.717) is 6.61 Å². The van der Waals surface area contributed by atoms with Crippen molar-refractivity contribution in [2.75, 3.05) is 13.7 Å². The molecule has 1 fully saturated rings. The molecule has 0 amide bonds. The van der Waals surface area contributed by atoms with E-state index in [1.54, 1.807) is 7.11 Å². The van der Waals surface area contributed by atoms with E-state index in [9.17, 15) is 0 Å². The maximum Gasteiger partial charge on any atom is 0.0642 e. The first kappa shape index (κ1) is 7.03. The molecule has 0 aromatic rings. The lowest BCUT2D eigenvalue weighted by Gasteiger charge is -2.22. The minimum atomic E-state index is -0.0608. The van der Waals surface area contributed by atoms with Gasteiger partial charge in [0, 0.05) is 12.6 Å². The first-order valence-electron chi connectivity index (χ1n) is 3.44.